The SMILES string of the molecule is CCCS(=O)(=O)N1Cc2ccccc2C2(CCN(Cc3cccc(C)n3)CC2)C1.O=CO. The molecule has 1 N–H and O–H groups in total. The molecule has 0 atom stereocenters. The molecule has 2 aromatic rings. The standard InChI is InChI=1S/C23H31N3O2S.CH2O2/c1-3-15-29(27,28)26-16-20-8-4-5-10-22(20)23(18-26)11-13-25(14-12-23)17-21-9-6-7-19(2)24-21;2-1-3/h4-10H,3,11-18H2,1-2H3;1H,(H,2,3). The average molecular weight is 460 g/mol. The Morgan fingerprint density at radius 2 is 1.81 bits per heavy atom. The molecule has 0 amide bonds. The summed E-state index contributed by atoms with van der Waals surface area (Å²) in [6.07, 6.45) is 2.62. The van der Waals surface area contributed by atoms with E-state index >= 15 is 0 Å². The van der Waals surface area contributed by atoms with Crippen molar-refractivity contribution in [2.75, 3.05) is 25.4 Å². The Bertz CT molecular complexity index is 1020. The summed E-state index contributed by atoms with van der Waals surface area (Å²) in [7, 11) is -3.21. The predicted molar refractivity (Wildman–Crippen MR) is 125 cm³/mol. The summed E-state index contributed by atoms with van der Waals surface area (Å²) < 4.78 is 27.5. The molecule has 0 aliphatic carbocycles. The fraction of sp³-hybridized carbons (Fsp3) is 0.500. The smallest absolute Gasteiger partial charge is 0.290 e. The third kappa shape index (κ3) is 5.54. The van der Waals surface area contributed by atoms with Crippen LogP contribution in [0.5, 0.6) is 0 Å². The van der Waals surface area contributed by atoms with Crippen LogP contribution in [0.25, 0.3) is 0 Å². The van der Waals surface area contributed by atoms with Crippen LogP contribution in [0, 0.1) is 6.92 Å². The van der Waals surface area contributed by atoms with Crippen LogP contribution >= 0.6 is 0 Å². The number of fused-ring (bicyclic) bond motifs is 2. The average Bonchev–Trinajstić information content (AvgIpc) is 2.76. The monoisotopic (exact) mass is 459 g/mol. The molecule has 0 radical (unpaired) electrons. The zero-order chi connectivity index (χ0) is 23.2. The lowest BCUT2D eigenvalue weighted by Crippen LogP contribution is -2.53. The molecule has 32 heavy (non-hydrogen) atoms. The number of hydrogen-bond acceptors (Lipinski definition) is 5. The summed E-state index contributed by atoms with van der Waals surface area (Å²) in [5.41, 5.74) is 4.61. The Balaban J connectivity index is 0.000000913. The van der Waals surface area contributed by atoms with Crippen LogP contribution in [0.2, 0.25) is 0 Å². The number of likely N-dealkylation sites (tertiary alicyclic amines) is 1. The normalized spacial score (nSPS) is 18.4. The lowest BCUT2D eigenvalue weighted by molar-refractivity contribution is -0.122. The van der Waals surface area contributed by atoms with E-state index in [1.54, 1.807) is 4.31 Å². The molecule has 2 aliphatic heterocycles. The van der Waals surface area contributed by atoms with Gasteiger partial charge < -0.3 is 5.11 Å². The maximum atomic E-state index is 12.9. The Morgan fingerprint density at radius 3 is 2.47 bits per heavy atom. The number of carboxylic acid groups (broad SMARTS) is 1. The van der Waals surface area contributed by atoms with E-state index in [4.69, 9.17) is 9.90 Å². The largest absolute Gasteiger partial charge is 0.483 e. The second-order valence-corrected chi connectivity index (χ2v) is 10.8. The van der Waals surface area contributed by atoms with Gasteiger partial charge in [0.1, 0.15) is 0 Å². The summed E-state index contributed by atoms with van der Waals surface area (Å²) in [5, 5.41) is 6.89. The number of pyridine rings is 1. The Labute approximate surface area is 191 Å². The quantitative estimate of drug-likeness (QED) is 0.691. The molecule has 8 heteroatoms. The van der Waals surface area contributed by atoms with Crippen LogP contribution in [0.15, 0.2) is 42.5 Å². The number of carbonyl (C=O) groups is 1. The fourth-order valence-corrected chi connectivity index (χ4v) is 6.46. The van der Waals surface area contributed by atoms with Gasteiger partial charge in [-0.2, -0.15) is 4.31 Å². The van der Waals surface area contributed by atoms with E-state index in [9.17, 15) is 8.42 Å². The van der Waals surface area contributed by atoms with Gasteiger partial charge in [0.2, 0.25) is 10.0 Å². The Hall–Kier alpha value is -2.29. The summed E-state index contributed by atoms with van der Waals surface area (Å²) in [6, 6.07) is 14.6. The van der Waals surface area contributed by atoms with Crippen molar-refractivity contribution < 1.29 is 18.3 Å². The van der Waals surface area contributed by atoms with Crippen molar-refractivity contribution in [1.29, 1.82) is 0 Å². The van der Waals surface area contributed by atoms with Gasteiger partial charge >= 0.3 is 0 Å². The lowest BCUT2D eigenvalue weighted by Gasteiger charge is -2.48. The van der Waals surface area contributed by atoms with Gasteiger partial charge in [-0.05, 0) is 62.5 Å². The molecular weight excluding hydrogens is 426 g/mol. The second kappa shape index (κ2) is 10.6. The topological polar surface area (TPSA) is 90.8 Å². The van der Waals surface area contributed by atoms with Gasteiger partial charge in [-0.15, -0.1) is 0 Å². The van der Waals surface area contributed by atoms with Crippen molar-refractivity contribution in [3.63, 3.8) is 0 Å². The highest BCUT2D eigenvalue weighted by atomic mass is 32.2. The van der Waals surface area contributed by atoms with Crippen LogP contribution in [-0.4, -0.2) is 59.6 Å². The number of sulfonamides is 1. The zero-order valence-electron chi connectivity index (χ0n) is 18.9. The molecule has 1 fully saturated rings. The van der Waals surface area contributed by atoms with Crippen molar-refractivity contribution in [1.82, 2.24) is 14.2 Å². The van der Waals surface area contributed by atoms with E-state index in [-0.39, 0.29) is 17.6 Å². The highest BCUT2D eigenvalue weighted by Gasteiger charge is 2.44. The minimum Gasteiger partial charge on any atom is -0.483 e. The highest BCUT2D eigenvalue weighted by molar-refractivity contribution is 7.89. The van der Waals surface area contributed by atoms with Gasteiger partial charge in [0, 0.05) is 30.7 Å². The van der Waals surface area contributed by atoms with Crippen molar-refractivity contribution in [3.05, 3.63) is 65.0 Å². The zero-order valence-corrected chi connectivity index (χ0v) is 19.7. The van der Waals surface area contributed by atoms with E-state index in [2.05, 4.69) is 40.2 Å². The minimum atomic E-state index is -3.21. The number of rotatable bonds is 5. The molecule has 0 saturated carbocycles. The summed E-state index contributed by atoms with van der Waals surface area (Å²) in [5.74, 6) is 0.233. The van der Waals surface area contributed by atoms with Gasteiger partial charge in [-0.1, -0.05) is 37.3 Å². The molecule has 0 bridgehead atoms. The summed E-state index contributed by atoms with van der Waals surface area (Å²) in [6.45, 7) is 7.62. The van der Waals surface area contributed by atoms with Gasteiger partial charge in [0.25, 0.3) is 6.47 Å². The van der Waals surface area contributed by atoms with Gasteiger partial charge in [0.15, 0.2) is 0 Å². The fourth-order valence-electron chi connectivity index (χ4n) is 4.91. The molecule has 4 rings (SSSR count). The van der Waals surface area contributed by atoms with Crippen molar-refractivity contribution >= 4 is 16.5 Å². The van der Waals surface area contributed by atoms with Crippen molar-refractivity contribution in [3.8, 4) is 0 Å². The molecule has 1 aromatic heterocycles. The molecule has 1 spiro atoms. The first-order chi connectivity index (χ1) is 15.3. The molecule has 3 heterocycles. The maximum Gasteiger partial charge on any atom is 0.290 e. The van der Waals surface area contributed by atoms with E-state index in [0.29, 0.717) is 19.5 Å². The third-order valence-corrected chi connectivity index (χ3v) is 8.38. The van der Waals surface area contributed by atoms with Crippen LogP contribution < -0.4 is 0 Å². The summed E-state index contributed by atoms with van der Waals surface area (Å²) in [4.78, 5) is 15.5. The van der Waals surface area contributed by atoms with Crippen LogP contribution in [-0.2, 0) is 33.3 Å². The third-order valence-electron chi connectivity index (χ3n) is 6.41. The van der Waals surface area contributed by atoms with Crippen molar-refractivity contribution in [2.24, 2.45) is 0 Å². The van der Waals surface area contributed by atoms with Gasteiger partial charge in [-0.3, -0.25) is 14.7 Å². The number of hydrogen-bond donors (Lipinski definition) is 1. The van der Waals surface area contributed by atoms with E-state index in [1.165, 1.54) is 11.1 Å². The molecular formula is C24H33N3O4S. The molecule has 1 aromatic carbocycles. The Kier molecular flexibility index (Phi) is 8.03. The van der Waals surface area contributed by atoms with E-state index in [1.807, 2.05) is 26.0 Å². The molecule has 174 valence electrons. The lowest BCUT2D eigenvalue weighted by atomic mass is 9.69. The molecule has 7 nitrogen and oxygen atoms in total. The van der Waals surface area contributed by atoms with E-state index < -0.39 is 10.0 Å². The first-order valence-corrected chi connectivity index (χ1v) is 12.7. The molecule has 2 aliphatic rings. The maximum absolute atomic E-state index is 12.9. The molecule has 0 unspecified atom stereocenters. The number of nitrogens with zero attached hydrogens (tertiary/aromatic N) is 3. The van der Waals surface area contributed by atoms with Gasteiger partial charge in [-0.25, -0.2) is 8.42 Å². The number of aromatic nitrogens is 1. The first kappa shape index (κ1) is 24.4. The summed E-state index contributed by atoms with van der Waals surface area (Å²) >= 11 is 0. The predicted octanol–water partition coefficient (Wildman–Crippen LogP) is 3.18. The van der Waals surface area contributed by atoms with Crippen molar-refractivity contribution in [2.45, 2.75) is 51.6 Å². The Morgan fingerprint density at radius 1 is 1.12 bits per heavy atom. The van der Waals surface area contributed by atoms with Crippen LogP contribution in [0.3, 0.4) is 0 Å². The molecule has 1 saturated heterocycles. The number of aryl methyl sites for hydroxylation is 1. The minimum absolute atomic E-state index is 0.0772. The van der Waals surface area contributed by atoms with E-state index in [0.717, 1.165) is 43.9 Å². The highest BCUT2D eigenvalue weighted by Crippen LogP contribution is 2.42. The number of piperidine rings is 1. The second-order valence-electron chi connectivity index (χ2n) is 8.67. The van der Waals surface area contributed by atoms with Gasteiger partial charge in [0.05, 0.1) is 11.4 Å². The first-order valence-electron chi connectivity index (χ1n) is 11.1. The van der Waals surface area contributed by atoms with Crippen LogP contribution in [0.1, 0.15) is 48.7 Å². The number of benzene rings is 1. The van der Waals surface area contributed by atoms with Crippen LogP contribution in [0.4, 0.5) is 0 Å².